The predicted octanol–water partition coefficient (Wildman–Crippen LogP) is 3.85. The van der Waals surface area contributed by atoms with Gasteiger partial charge in [-0.2, -0.15) is 0 Å². The fourth-order valence-electron chi connectivity index (χ4n) is 2.02. The van der Waals surface area contributed by atoms with Gasteiger partial charge in [0.25, 0.3) is 5.91 Å². The molecule has 0 unspecified atom stereocenters. The van der Waals surface area contributed by atoms with Crippen LogP contribution in [0.2, 0.25) is 0 Å². The number of carbonyl (C=O) groups is 1. The van der Waals surface area contributed by atoms with Crippen LogP contribution in [0, 0.1) is 11.6 Å². The van der Waals surface area contributed by atoms with Gasteiger partial charge in [0.1, 0.15) is 11.6 Å². The third kappa shape index (κ3) is 4.26. The summed E-state index contributed by atoms with van der Waals surface area (Å²) >= 11 is 5.71. The number of nitrogens with zero attached hydrogens (tertiary/aromatic N) is 1. The summed E-state index contributed by atoms with van der Waals surface area (Å²) in [4.78, 5) is 13.8. The third-order valence-electron chi connectivity index (χ3n) is 2.97. The Hall–Kier alpha value is -1.94. The number of amides is 1. The van der Waals surface area contributed by atoms with Crippen LogP contribution in [0.4, 0.5) is 8.78 Å². The Morgan fingerprint density at radius 1 is 1.05 bits per heavy atom. The second-order valence-electron chi connectivity index (χ2n) is 4.56. The summed E-state index contributed by atoms with van der Waals surface area (Å²) in [5.74, 6) is -1.75. The highest BCUT2D eigenvalue weighted by molar-refractivity contribution is 6.18. The van der Waals surface area contributed by atoms with Crippen LogP contribution in [0.1, 0.15) is 15.9 Å². The highest BCUT2D eigenvalue weighted by atomic mass is 35.5. The molecular weight excluding hydrogens is 296 g/mol. The normalized spacial score (nSPS) is 10.4. The minimum absolute atomic E-state index is 0.0199. The second-order valence-corrected chi connectivity index (χ2v) is 4.94. The lowest BCUT2D eigenvalue weighted by molar-refractivity contribution is 0.0752. The highest BCUT2D eigenvalue weighted by Gasteiger charge is 2.17. The standard InChI is InChI=1S/C16H14ClF2NO/c17-6-7-20(11-12-4-2-1-3-5-12)16(21)13-8-14(18)10-15(19)9-13/h1-5,8-10H,6-7,11H2. The molecular formula is C16H14ClF2NO. The highest BCUT2D eigenvalue weighted by Crippen LogP contribution is 2.13. The van der Waals surface area contributed by atoms with Crippen molar-refractivity contribution in [2.45, 2.75) is 6.54 Å². The van der Waals surface area contributed by atoms with Crippen molar-refractivity contribution in [2.75, 3.05) is 12.4 Å². The average Bonchev–Trinajstić information content (AvgIpc) is 2.46. The SMILES string of the molecule is O=C(c1cc(F)cc(F)c1)N(CCCl)Cc1ccccc1. The molecule has 0 spiro atoms. The van der Waals surface area contributed by atoms with Gasteiger partial charge in [-0.1, -0.05) is 30.3 Å². The average molecular weight is 310 g/mol. The summed E-state index contributed by atoms with van der Waals surface area (Å²) in [6.45, 7) is 0.637. The van der Waals surface area contributed by atoms with Gasteiger partial charge < -0.3 is 4.90 Å². The van der Waals surface area contributed by atoms with Crippen LogP contribution in [0.3, 0.4) is 0 Å². The molecule has 2 rings (SSSR count). The number of benzene rings is 2. The number of carbonyl (C=O) groups excluding carboxylic acids is 1. The molecule has 110 valence electrons. The molecule has 2 aromatic carbocycles. The predicted molar refractivity (Wildman–Crippen MR) is 78.3 cm³/mol. The van der Waals surface area contributed by atoms with Crippen molar-refractivity contribution in [3.05, 3.63) is 71.3 Å². The van der Waals surface area contributed by atoms with Gasteiger partial charge in [-0.3, -0.25) is 4.79 Å². The zero-order valence-electron chi connectivity index (χ0n) is 11.2. The largest absolute Gasteiger partial charge is 0.333 e. The molecule has 0 aromatic heterocycles. The number of hydrogen-bond donors (Lipinski definition) is 0. The summed E-state index contributed by atoms with van der Waals surface area (Å²) in [6, 6.07) is 12.1. The van der Waals surface area contributed by atoms with E-state index in [9.17, 15) is 13.6 Å². The van der Waals surface area contributed by atoms with Crippen molar-refractivity contribution in [3.8, 4) is 0 Å². The lowest BCUT2D eigenvalue weighted by Gasteiger charge is -2.22. The van der Waals surface area contributed by atoms with E-state index >= 15 is 0 Å². The van der Waals surface area contributed by atoms with Gasteiger partial charge in [-0.05, 0) is 17.7 Å². The minimum Gasteiger partial charge on any atom is -0.333 e. The van der Waals surface area contributed by atoms with Crippen molar-refractivity contribution in [1.29, 1.82) is 0 Å². The van der Waals surface area contributed by atoms with Gasteiger partial charge in [0.05, 0.1) is 0 Å². The molecule has 0 aliphatic heterocycles. The van der Waals surface area contributed by atoms with Crippen LogP contribution in [-0.2, 0) is 6.54 Å². The summed E-state index contributed by atoms with van der Waals surface area (Å²) in [7, 11) is 0. The molecule has 0 N–H and O–H groups in total. The van der Waals surface area contributed by atoms with Crippen molar-refractivity contribution in [1.82, 2.24) is 4.90 Å². The van der Waals surface area contributed by atoms with E-state index in [2.05, 4.69) is 0 Å². The van der Waals surface area contributed by atoms with E-state index in [1.807, 2.05) is 30.3 Å². The lowest BCUT2D eigenvalue weighted by atomic mass is 10.1. The van der Waals surface area contributed by atoms with E-state index in [0.29, 0.717) is 13.1 Å². The molecule has 2 aromatic rings. The fourth-order valence-corrected chi connectivity index (χ4v) is 2.22. The minimum atomic E-state index is -0.774. The van der Waals surface area contributed by atoms with Crippen molar-refractivity contribution < 1.29 is 13.6 Å². The zero-order valence-corrected chi connectivity index (χ0v) is 12.0. The van der Waals surface area contributed by atoms with E-state index < -0.39 is 17.5 Å². The summed E-state index contributed by atoms with van der Waals surface area (Å²) in [5, 5.41) is 0. The first kappa shape index (κ1) is 15.4. The quantitative estimate of drug-likeness (QED) is 0.768. The topological polar surface area (TPSA) is 20.3 Å². The van der Waals surface area contributed by atoms with Gasteiger partial charge in [0.15, 0.2) is 0 Å². The Bertz CT molecular complexity index is 599. The summed E-state index contributed by atoms with van der Waals surface area (Å²) < 4.78 is 26.5. The van der Waals surface area contributed by atoms with Crippen molar-refractivity contribution in [2.24, 2.45) is 0 Å². The first-order valence-corrected chi connectivity index (χ1v) is 6.99. The van der Waals surface area contributed by atoms with Crippen LogP contribution < -0.4 is 0 Å². The molecule has 0 radical (unpaired) electrons. The van der Waals surface area contributed by atoms with E-state index in [1.54, 1.807) is 0 Å². The van der Waals surface area contributed by atoms with Gasteiger partial charge in [0, 0.05) is 30.6 Å². The summed E-state index contributed by atoms with van der Waals surface area (Å²) in [6.07, 6.45) is 0. The third-order valence-corrected chi connectivity index (χ3v) is 3.14. The monoisotopic (exact) mass is 309 g/mol. The van der Waals surface area contributed by atoms with Crippen LogP contribution >= 0.6 is 11.6 Å². The number of hydrogen-bond acceptors (Lipinski definition) is 1. The molecule has 5 heteroatoms. The van der Waals surface area contributed by atoms with Gasteiger partial charge in [0.2, 0.25) is 0 Å². The van der Waals surface area contributed by atoms with Crippen LogP contribution in [0.25, 0.3) is 0 Å². The maximum atomic E-state index is 13.2. The van der Waals surface area contributed by atoms with E-state index in [1.165, 1.54) is 4.90 Å². The molecule has 0 bridgehead atoms. The Labute approximate surface area is 127 Å². The maximum absolute atomic E-state index is 13.2. The molecule has 0 fully saturated rings. The molecule has 0 saturated carbocycles. The van der Waals surface area contributed by atoms with Gasteiger partial charge >= 0.3 is 0 Å². The fraction of sp³-hybridized carbons (Fsp3) is 0.188. The Kier molecular flexibility index (Phi) is 5.28. The first-order valence-electron chi connectivity index (χ1n) is 6.45. The first-order chi connectivity index (χ1) is 10.1. The smallest absolute Gasteiger partial charge is 0.254 e. The number of alkyl halides is 1. The number of halogens is 3. The Morgan fingerprint density at radius 2 is 1.67 bits per heavy atom. The van der Waals surface area contributed by atoms with Crippen LogP contribution in [0.15, 0.2) is 48.5 Å². The van der Waals surface area contributed by atoms with Gasteiger partial charge in [-0.15, -0.1) is 11.6 Å². The molecule has 21 heavy (non-hydrogen) atoms. The maximum Gasteiger partial charge on any atom is 0.254 e. The Balaban J connectivity index is 2.22. The Morgan fingerprint density at radius 3 is 2.24 bits per heavy atom. The van der Waals surface area contributed by atoms with Crippen LogP contribution in [-0.4, -0.2) is 23.2 Å². The van der Waals surface area contributed by atoms with E-state index in [0.717, 1.165) is 23.8 Å². The van der Waals surface area contributed by atoms with Gasteiger partial charge in [-0.25, -0.2) is 8.78 Å². The lowest BCUT2D eigenvalue weighted by Crippen LogP contribution is -2.32. The number of rotatable bonds is 5. The molecule has 2 nitrogen and oxygen atoms in total. The molecule has 0 aliphatic carbocycles. The van der Waals surface area contributed by atoms with Crippen molar-refractivity contribution in [3.63, 3.8) is 0 Å². The molecule has 0 atom stereocenters. The van der Waals surface area contributed by atoms with Crippen LogP contribution in [0.5, 0.6) is 0 Å². The molecule has 1 amide bonds. The summed E-state index contributed by atoms with van der Waals surface area (Å²) in [5.41, 5.74) is 0.904. The molecule has 0 aliphatic rings. The zero-order chi connectivity index (χ0) is 15.2. The molecule has 0 heterocycles. The van der Waals surface area contributed by atoms with Crippen molar-refractivity contribution >= 4 is 17.5 Å². The van der Waals surface area contributed by atoms with E-state index in [4.69, 9.17) is 11.6 Å². The molecule has 0 saturated heterocycles. The van der Waals surface area contributed by atoms with E-state index in [-0.39, 0.29) is 11.4 Å². The second kappa shape index (κ2) is 7.18.